The first-order valence-corrected chi connectivity index (χ1v) is 32.7. The lowest BCUT2D eigenvalue weighted by molar-refractivity contribution is 0.0623. The Labute approximate surface area is 607 Å². The van der Waals surface area contributed by atoms with Crippen LogP contribution in [0, 0.1) is 20.8 Å². The fourth-order valence-corrected chi connectivity index (χ4v) is 10.1. The molecule has 9 rings (SSSR count). The lowest BCUT2D eigenvalue weighted by atomic mass is 9.74. The second-order valence-corrected chi connectivity index (χ2v) is 25.4. The number of carbonyl (C=O) groups is 3. The second kappa shape index (κ2) is 41.2. The number of nitrogen functional groups attached to an aromatic ring is 1. The van der Waals surface area contributed by atoms with E-state index in [1.165, 1.54) is 58.9 Å². The van der Waals surface area contributed by atoms with Crippen LogP contribution in [-0.2, 0) is 46.9 Å². The highest BCUT2D eigenvalue weighted by molar-refractivity contribution is 9.10. The Morgan fingerprint density at radius 1 is 0.545 bits per heavy atom. The van der Waals surface area contributed by atoms with Crippen LogP contribution in [0.1, 0.15) is 133 Å². The van der Waals surface area contributed by atoms with Crippen LogP contribution in [0.25, 0.3) is 11.6 Å². The van der Waals surface area contributed by atoms with Crippen molar-refractivity contribution in [2.24, 2.45) is 4.99 Å². The highest BCUT2D eigenvalue weighted by Gasteiger charge is 2.32. The van der Waals surface area contributed by atoms with Crippen molar-refractivity contribution in [2.45, 2.75) is 146 Å². The largest absolute Gasteiger partial charge is 0.453 e. The Morgan fingerprint density at radius 3 is 1.31 bits per heavy atom. The van der Waals surface area contributed by atoms with Crippen molar-refractivity contribution in [3.05, 3.63) is 152 Å². The maximum Gasteiger partial charge on any atom is 0.426 e. The van der Waals surface area contributed by atoms with E-state index in [0.29, 0.717) is 55.8 Å². The van der Waals surface area contributed by atoms with Crippen LogP contribution in [0.4, 0.5) is 48.5 Å². The molecule has 0 bridgehead atoms. The summed E-state index contributed by atoms with van der Waals surface area (Å²) in [6.07, 6.45) is 22.1. The Kier molecular flexibility index (Phi) is 34.5. The quantitative estimate of drug-likeness (QED) is 0.0361. The molecule has 8 aromatic heterocycles. The van der Waals surface area contributed by atoms with Gasteiger partial charge in [0.15, 0.2) is 11.6 Å². The standard InChI is InChI=1S/C17H18ClN7O2.C14H22N2O3.C13H19BrN2O3.C9H14N2O.C8H4ClN5O.C3H9B3O3/c1-10-7-19-9-14(15(10)11(2)27-3)24-17(26)23-12-6-13(18)16(20-8-12)25-21-4-5-22-25;1-9-7-15-8-11(12(9)10(2)18-6)16-13(17)19-14(3,4)5;1-8(18-5)11-9(14)6-15-7-10(11)16-12(17)19-13(2,3)4;1-6-4-11-5-8(10)9(6)7(2)12-3;9-7-3-6(11-5-15)4-10-8(7)14-12-1-2-13-14;1-4-7-5(2)9-6(3)8-4/h4-9,11H,1-3H3,(H2,23,24,26);7-8,10H,1-6H3,(H,16,17);6-8H,1-5H3,(H,16,17);4-5,7H,10H2,1-3H3;1-4H;1-3H3. The summed E-state index contributed by atoms with van der Waals surface area (Å²) in [5.41, 5.74) is 14.5. The van der Waals surface area contributed by atoms with Crippen LogP contribution in [0.15, 0.2) is 108 Å². The van der Waals surface area contributed by atoms with Gasteiger partial charge in [-0.3, -0.25) is 30.6 Å². The van der Waals surface area contributed by atoms with E-state index >= 15 is 0 Å². The zero-order valence-corrected chi connectivity index (χ0v) is 63.2. The average molecular weight is 1500 g/mol. The molecule has 4 atom stereocenters. The highest BCUT2D eigenvalue weighted by atomic mass is 79.9. The number of anilines is 5. The lowest BCUT2D eigenvalue weighted by Gasteiger charge is -2.25. The van der Waals surface area contributed by atoms with Gasteiger partial charge >= 0.3 is 39.6 Å². The van der Waals surface area contributed by atoms with E-state index in [4.69, 9.17) is 71.1 Å². The minimum absolute atomic E-state index is 0.0352. The number of halogens is 3. The maximum absolute atomic E-state index is 12.4. The number of rotatable bonds is 15. The molecule has 0 spiro atoms. The summed E-state index contributed by atoms with van der Waals surface area (Å²) in [5, 5.41) is 27.2. The molecule has 540 valence electrons. The molecule has 0 saturated carbocycles. The van der Waals surface area contributed by atoms with Gasteiger partial charge in [0.25, 0.3) is 0 Å². The van der Waals surface area contributed by atoms with Crippen molar-refractivity contribution in [1.29, 1.82) is 0 Å². The molecule has 9 heterocycles. The monoisotopic (exact) mass is 1500 g/mol. The number of nitrogens with two attached hydrogens (primary N) is 1. The zero-order chi connectivity index (χ0) is 75.3. The third-order valence-corrected chi connectivity index (χ3v) is 14.7. The summed E-state index contributed by atoms with van der Waals surface area (Å²) in [5.74, 6) is 0.748. The summed E-state index contributed by atoms with van der Waals surface area (Å²) in [4.78, 5) is 76.3. The van der Waals surface area contributed by atoms with E-state index in [9.17, 15) is 19.2 Å². The maximum atomic E-state index is 12.4. The number of urea groups is 1. The molecule has 1 saturated heterocycles. The molecule has 0 aromatic carbocycles. The van der Waals surface area contributed by atoms with Crippen molar-refractivity contribution in [3.63, 3.8) is 0 Å². The average Bonchev–Trinajstić information content (AvgIpc) is 1.65. The molecule has 37 heteroatoms. The molecule has 1 aliphatic rings. The molecular formula is C64H86B3BrCl2N18O13. The smallest absolute Gasteiger partial charge is 0.426 e. The fraction of sp³-hybridized carbons (Fsp3) is 0.406. The second-order valence-electron chi connectivity index (χ2n) is 23.7. The Morgan fingerprint density at radius 2 is 0.911 bits per heavy atom. The first kappa shape index (κ1) is 84.6. The molecule has 1 aliphatic heterocycles. The lowest BCUT2D eigenvalue weighted by Crippen LogP contribution is -2.44. The molecule has 0 radical (unpaired) electrons. The molecule has 8 aromatic rings. The molecule has 6 N–H and O–H groups in total. The topological polar surface area (TPSA) is 377 Å². The summed E-state index contributed by atoms with van der Waals surface area (Å²) >= 11 is 15.5. The number of hydrogen-bond donors (Lipinski definition) is 5. The van der Waals surface area contributed by atoms with Gasteiger partial charge in [-0.15, -0.1) is 9.59 Å². The molecule has 4 amide bonds. The molecular weight excluding hydrogens is 1410 g/mol. The zero-order valence-electron chi connectivity index (χ0n) is 60.1. The first-order chi connectivity index (χ1) is 47.6. The predicted molar refractivity (Wildman–Crippen MR) is 392 cm³/mol. The van der Waals surface area contributed by atoms with Gasteiger partial charge in [0, 0.05) is 80.0 Å². The summed E-state index contributed by atoms with van der Waals surface area (Å²) in [6, 6.07) is 2.60. The summed E-state index contributed by atoms with van der Waals surface area (Å²) in [6.45, 7) is 30.0. The van der Waals surface area contributed by atoms with Gasteiger partial charge in [-0.1, -0.05) is 23.2 Å². The van der Waals surface area contributed by atoms with Crippen molar-refractivity contribution in [3.8, 4) is 11.6 Å². The van der Waals surface area contributed by atoms with Gasteiger partial charge in [-0.25, -0.2) is 29.1 Å². The number of carbonyl (C=O) groups excluding carboxylic acids is 4. The molecule has 31 nitrogen and oxygen atoms in total. The highest BCUT2D eigenvalue weighted by Crippen LogP contribution is 2.33. The van der Waals surface area contributed by atoms with Gasteiger partial charge < -0.3 is 58.5 Å². The van der Waals surface area contributed by atoms with Crippen molar-refractivity contribution in [2.75, 3.05) is 55.4 Å². The third kappa shape index (κ3) is 28.2. The van der Waals surface area contributed by atoms with Gasteiger partial charge in [0.05, 0.1) is 131 Å². The molecule has 0 aliphatic carbocycles. The van der Waals surface area contributed by atoms with E-state index in [2.05, 4.69) is 92.5 Å². The van der Waals surface area contributed by atoms with E-state index in [0.717, 1.165) is 43.4 Å². The van der Waals surface area contributed by atoms with Crippen LogP contribution in [-0.4, -0.2) is 145 Å². The number of pyridine rings is 6. The van der Waals surface area contributed by atoms with Gasteiger partial charge in [-0.2, -0.15) is 25.4 Å². The van der Waals surface area contributed by atoms with Crippen LogP contribution < -0.4 is 27.0 Å². The van der Waals surface area contributed by atoms with Crippen molar-refractivity contribution < 1.29 is 61.3 Å². The van der Waals surface area contributed by atoms with Gasteiger partial charge in [-0.05, 0) is 155 Å². The Balaban J connectivity index is 0.000000265. The van der Waals surface area contributed by atoms with Gasteiger partial charge in [0.2, 0.25) is 6.08 Å². The molecule has 101 heavy (non-hydrogen) atoms. The van der Waals surface area contributed by atoms with Crippen molar-refractivity contribution >= 4 is 119 Å². The number of aliphatic imine (C=N–C) groups is 1. The number of isocyanates is 1. The van der Waals surface area contributed by atoms with Gasteiger partial charge in [0.1, 0.15) is 11.2 Å². The number of aromatic nitrogens is 12. The van der Waals surface area contributed by atoms with Crippen LogP contribution >= 0.6 is 39.1 Å². The minimum atomic E-state index is -0.545. The summed E-state index contributed by atoms with van der Waals surface area (Å²) < 4.78 is 47.7. The first-order valence-electron chi connectivity index (χ1n) is 31.1. The Hall–Kier alpha value is -8.86. The van der Waals surface area contributed by atoms with E-state index in [-0.39, 0.29) is 45.8 Å². The fourth-order valence-electron chi connectivity index (χ4n) is 9.00. The molecule has 4 unspecified atom stereocenters. The number of hydrogen-bond acceptors (Lipinski definition) is 25. The number of ether oxygens (including phenoxy) is 6. The SMILES string of the molecule is CB1OB(C)OB(C)O1.COC(C)c1c(Br)cncc1NC(=O)OC(C)(C)C.COC(C)c1c(C)cncc1N.COC(C)c1c(C)cncc1NC(=O)Nc1cnc(-n2nccn2)c(Cl)c1.COC(C)c1c(C)cncc1NC(=O)OC(C)(C)C.O=C=Nc1cnc(-n2nccn2)c(Cl)c1. The number of nitrogens with one attached hydrogen (secondary N) is 4. The molecule has 1 fully saturated rings. The Bertz CT molecular complexity index is 3860. The predicted octanol–water partition coefficient (Wildman–Crippen LogP) is 14.1. The number of nitrogens with zero attached hydrogens (tertiary/aromatic N) is 13. The third-order valence-electron chi connectivity index (χ3n) is 13.5. The number of aryl methyl sites for hydroxylation is 3. The van der Waals surface area contributed by atoms with Crippen LogP contribution in [0.5, 0.6) is 0 Å². The number of methoxy groups -OCH3 is 4. The summed E-state index contributed by atoms with van der Waals surface area (Å²) in [7, 11) is 6.11. The van der Waals surface area contributed by atoms with E-state index in [1.54, 1.807) is 84.1 Å². The number of amides is 4. The van der Waals surface area contributed by atoms with E-state index in [1.807, 2.05) is 110 Å². The normalized spacial score (nSPS) is 12.9. The van der Waals surface area contributed by atoms with Crippen LogP contribution in [0.3, 0.4) is 0 Å². The van der Waals surface area contributed by atoms with Crippen LogP contribution in [0.2, 0.25) is 30.5 Å². The minimum Gasteiger partial charge on any atom is -0.453 e. The van der Waals surface area contributed by atoms with Crippen molar-refractivity contribution in [1.82, 2.24) is 59.9 Å². The van der Waals surface area contributed by atoms with E-state index < -0.39 is 29.4 Å².